The van der Waals surface area contributed by atoms with Gasteiger partial charge < -0.3 is 30.5 Å². The quantitative estimate of drug-likeness (QED) is 0.0386. The molecule has 0 aliphatic rings. The summed E-state index contributed by atoms with van der Waals surface area (Å²) in [5, 5.41) is 58.9. The van der Waals surface area contributed by atoms with E-state index in [4.69, 9.17) is 30.7 Å². The minimum Gasteiger partial charge on any atom is -0.505 e. The molecule has 0 atom stereocenters. The number of nitrogens with two attached hydrogens (primary N) is 1. The van der Waals surface area contributed by atoms with Crippen LogP contribution in [0.2, 0.25) is 0 Å². The second-order valence-corrected chi connectivity index (χ2v) is 8.95. The first kappa shape index (κ1) is 29.7. The van der Waals surface area contributed by atoms with Crippen molar-refractivity contribution in [1.29, 1.82) is 0 Å². The SMILES string of the molecule is COc1cc(N=Nc2c(SOOO)cc3ccc(N)cc3c2O)c(OCC(=O)O)cc1N=Nc1ccc(C(=O)O)cc1. The summed E-state index contributed by atoms with van der Waals surface area (Å²) in [5.74, 6) is -2.58. The van der Waals surface area contributed by atoms with Gasteiger partial charge in [-0.1, -0.05) is 11.1 Å². The second-order valence-electron chi connectivity index (χ2n) is 8.20. The molecule has 42 heavy (non-hydrogen) atoms. The van der Waals surface area contributed by atoms with Crippen molar-refractivity contribution in [3.8, 4) is 17.2 Å². The number of azo groups is 2. The number of hydrogen-bond acceptors (Lipinski definition) is 14. The monoisotopic (exact) mass is 595 g/mol. The number of carboxylic acids is 2. The number of fused-ring (bicyclic) bond motifs is 1. The number of anilines is 1. The summed E-state index contributed by atoms with van der Waals surface area (Å²) in [6, 6.07) is 14.7. The highest BCUT2D eigenvalue weighted by Crippen LogP contribution is 2.46. The van der Waals surface area contributed by atoms with Gasteiger partial charge >= 0.3 is 11.9 Å². The Morgan fingerprint density at radius 3 is 2.26 bits per heavy atom. The number of carboxylic acid groups (broad SMARTS) is 2. The zero-order valence-corrected chi connectivity index (χ0v) is 22.3. The van der Waals surface area contributed by atoms with Crippen molar-refractivity contribution >= 4 is 63.2 Å². The lowest BCUT2D eigenvalue weighted by Crippen LogP contribution is -2.09. The Bertz CT molecular complexity index is 1700. The standard InChI is InChI=1S/C26H21N5O10S/c1-38-20-10-19(30-31-24-22(42-41-40-37)8-14-2-5-15(27)9-17(14)25(24)34)21(39-12-23(32)33)11-18(20)29-28-16-6-3-13(4-7-16)26(35)36/h2-11,34,37H,12,27H2,1H3,(H,32,33)(H,35,36). The highest BCUT2D eigenvalue weighted by atomic mass is 32.2. The summed E-state index contributed by atoms with van der Waals surface area (Å²) in [6.07, 6.45) is 0. The van der Waals surface area contributed by atoms with Crippen molar-refractivity contribution in [2.24, 2.45) is 20.5 Å². The zero-order chi connectivity index (χ0) is 30.2. The van der Waals surface area contributed by atoms with Gasteiger partial charge in [0.2, 0.25) is 0 Å². The Balaban J connectivity index is 1.77. The highest BCUT2D eigenvalue weighted by Gasteiger charge is 2.17. The first-order valence-electron chi connectivity index (χ1n) is 11.6. The number of hydrogen-bond donors (Lipinski definition) is 5. The van der Waals surface area contributed by atoms with E-state index >= 15 is 0 Å². The van der Waals surface area contributed by atoms with E-state index in [0.29, 0.717) is 34.2 Å². The lowest BCUT2D eigenvalue weighted by Gasteiger charge is -2.12. The summed E-state index contributed by atoms with van der Waals surface area (Å²) in [5.41, 5.74) is 6.70. The summed E-state index contributed by atoms with van der Waals surface area (Å²) < 4.78 is 15.3. The average Bonchev–Trinajstić information content (AvgIpc) is 2.98. The van der Waals surface area contributed by atoms with Crippen LogP contribution < -0.4 is 15.2 Å². The molecule has 0 saturated carbocycles. The Morgan fingerprint density at radius 2 is 1.60 bits per heavy atom. The van der Waals surface area contributed by atoms with Gasteiger partial charge in [0.25, 0.3) is 0 Å². The van der Waals surface area contributed by atoms with Crippen molar-refractivity contribution in [2.45, 2.75) is 4.90 Å². The van der Waals surface area contributed by atoms with E-state index in [2.05, 4.69) is 29.8 Å². The number of ether oxygens (including phenoxy) is 2. The van der Waals surface area contributed by atoms with Crippen molar-refractivity contribution in [1.82, 2.24) is 0 Å². The smallest absolute Gasteiger partial charge is 0.341 e. The van der Waals surface area contributed by atoms with Gasteiger partial charge in [0.05, 0.1) is 35.3 Å². The molecule has 0 saturated heterocycles. The topological polar surface area (TPSA) is 227 Å². The molecule has 0 aliphatic carbocycles. The maximum Gasteiger partial charge on any atom is 0.341 e. The predicted molar refractivity (Wildman–Crippen MR) is 149 cm³/mol. The van der Waals surface area contributed by atoms with Crippen molar-refractivity contribution < 1.29 is 49.0 Å². The molecule has 6 N–H and O–H groups in total. The number of phenolic OH excluding ortho intramolecular Hbond substituents is 1. The minimum absolute atomic E-state index is 0.000195. The van der Waals surface area contributed by atoms with Crippen LogP contribution in [0.4, 0.5) is 28.4 Å². The van der Waals surface area contributed by atoms with Gasteiger partial charge in [0.15, 0.2) is 12.4 Å². The van der Waals surface area contributed by atoms with Crippen LogP contribution >= 0.6 is 12.0 Å². The fraction of sp³-hybridized carbons (Fsp3) is 0.0769. The highest BCUT2D eigenvalue weighted by molar-refractivity contribution is 7.94. The number of benzene rings is 4. The third kappa shape index (κ3) is 7.07. The summed E-state index contributed by atoms with van der Waals surface area (Å²) in [4.78, 5) is 22.5. The first-order valence-corrected chi connectivity index (χ1v) is 12.4. The molecule has 0 radical (unpaired) electrons. The molecular formula is C26H21N5O10S. The lowest BCUT2D eigenvalue weighted by atomic mass is 10.1. The Kier molecular flexibility index (Phi) is 9.46. The normalized spacial score (nSPS) is 11.4. The molecule has 16 heteroatoms. The van der Waals surface area contributed by atoms with Crippen LogP contribution in [-0.4, -0.2) is 46.2 Å². The summed E-state index contributed by atoms with van der Waals surface area (Å²) in [6.45, 7) is -0.731. The van der Waals surface area contributed by atoms with Crippen LogP contribution in [-0.2, 0) is 14.2 Å². The number of carbonyl (C=O) groups is 2. The predicted octanol–water partition coefficient (Wildman–Crippen LogP) is 6.56. The molecule has 216 valence electrons. The molecule has 0 fully saturated rings. The molecule has 0 spiro atoms. The summed E-state index contributed by atoms with van der Waals surface area (Å²) >= 11 is 0.540. The van der Waals surface area contributed by atoms with Crippen LogP contribution in [0.3, 0.4) is 0 Å². The number of aromatic carboxylic acids is 1. The van der Waals surface area contributed by atoms with E-state index in [1.54, 1.807) is 18.2 Å². The fourth-order valence-corrected chi connectivity index (χ4v) is 4.07. The van der Waals surface area contributed by atoms with Gasteiger partial charge in [0.1, 0.15) is 28.6 Å². The number of aromatic hydroxyl groups is 1. The first-order chi connectivity index (χ1) is 20.2. The molecule has 4 aromatic rings. The number of aliphatic carboxylic acids is 1. The van der Waals surface area contributed by atoms with Gasteiger partial charge in [-0.15, -0.1) is 19.7 Å². The van der Waals surface area contributed by atoms with Crippen molar-refractivity contribution in [3.63, 3.8) is 0 Å². The molecule has 0 heterocycles. The number of rotatable bonds is 12. The Hall–Kier alpha value is -5.29. The molecule has 4 rings (SSSR count). The molecule has 0 unspecified atom stereocenters. The number of nitrogen functional groups attached to an aromatic ring is 1. The van der Waals surface area contributed by atoms with Crippen LogP contribution in [0, 0.1) is 0 Å². The van der Waals surface area contributed by atoms with Crippen LogP contribution in [0.25, 0.3) is 10.8 Å². The van der Waals surface area contributed by atoms with Gasteiger partial charge in [-0.3, -0.25) is 0 Å². The molecule has 0 amide bonds. The second kappa shape index (κ2) is 13.4. The maximum absolute atomic E-state index is 11.2. The van der Waals surface area contributed by atoms with E-state index in [9.17, 15) is 14.7 Å². The van der Waals surface area contributed by atoms with Crippen LogP contribution in [0.15, 0.2) is 86.0 Å². The van der Waals surface area contributed by atoms with Gasteiger partial charge in [-0.25, -0.2) is 14.8 Å². The molecule has 0 aromatic heterocycles. The van der Waals surface area contributed by atoms with E-state index in [1.165, 1.54) is 49.6 Å². The van der Waals surface area contributed by atoms with Crippen LogP contribution in [0.5, 0.6) is 17.2 Å². The summed E-state index contributed by atoms with van der Waals surface area (Å²) in [7, 11) is 1.36. The molecular weight excluding hydrogens is 574 g/mol. The van der Waals surface area contributed by atoms with E-state index in [1.807, 2.05) is 0 Å². The molecule has 4 aromatic carbocycles. The van der Waals surface area contributed by atoms with Gasteiger partial charge in [0, 0.05) is 23.2 Å². The number of nitrogens with zero attached hydrogens (tertiary/aromatic N) is 4. The zero-order valence-electron chi connectivity index (χ0n) is 21.5. The van der Waals surface area contributed by atoms with Crippen molar-refractivity contribution in [3.05, 3.63) is 66.2 Å². The average molecular weight is 596 g/mol. The Labute approximate surface area is 240 Å². The van der Waals surface area contributed by atoms with E-state index in [-0.39, 0.29) is 44.8 Å². The van der Waals surface area contributed by atoms with E-state index in [0.717, 1.165) is 0 Å². The Morgan fingerprint density at radius 1 is 0.905 bits per heavy atom. The fourth-order valence-electron chi connectivity index (χ4n) is 3.57. The van der Waals surface area contributed by atoms with Crippen molar-refractivity contribution in [2.75, 3.05) is 19.5 Å². The minimum atomic E-state index is -1.26. The largest absolute Gasteiger partial charge is 0.505 e. The third-order valence-electron chi connectivity index (χ3n) is 5.49. The molecule has 0 bridgehead atoms. The number of methoxy groups -OCH3 is 1. The maximum atomic E-state index is 11.2. The van der Waals surface area contributed by atoms with Gasteiger partial charge in [-0.05, 0) is 47.9 Å². The van der Waals surface area contributed by atoms with Crippen LogP contribution in [0.1, 0.15) is 10.4 Å². The third-order valence-corrected chi connectivity index (χ3v) is 6.11. The van der Waals surface area contributed by atoms with Gasteiger partial charge in [-0.2, -0.15) is 5.11 Å². The molecule has 0 aliphatic heterocycles. The number of phenols is 1. The van der Waals surface area contributed by atoms with E-state index < -0.39 is 18.5 Å². The lowest BCUT2D eigenvalue weighted by molar-refractivity contribution is -0.432. The molecule has 15 nitrogen and oxygen atoms in total.